The zero-order valence-corrected chi connectivity index (χ0v) is 22.1. The molecule has 0 aliphatic heterocycles. The molecule has 7 rings (SSSR count). The molecule has 0 aliphatic rings. The third-order valence-corrected chi connectivity index (χ3v) is 6.46. The predicted octanol–water partition coefficient (Wildman–Crippen LogP) is 6.24. The predicted molar refractivity (Wildman–Crippen MR) is 159 cm³/mol. The molecule has 0 N–H and O–H groups in total. The second-order valence-corrected chi connectivity index (χ2v) is 9.28. The van der Waals surface area contributed by atoms with Gasteiger partial charge in [0.25, 0.3) is 0 Å². The van der Waals surface area contributed by atoms with E-state index in [1.165, 1.54) is 0 Å². The van der Waals surface area contributed by atoms with E-state index in [1.54, 1.807) is 37.2 Å². The first-order chi connectivity index (χ1) is 20.8. The van der Waals surface area contributed by atoms with Crippen molar-refractivity contribution in [2.24, 2.45) is 0 Å². The van der Waals surface area contributed by atoms with E-state index in [0.29, 0.717) is 34.9 Å². The summed E-state index contributed by atoms with van der Waals surface area (Å²) in [5, 5.41) is 0. The Morgan fingerprint density at radius 1 is 0.262 bits per heavy atom. The molecular formula is C33H21N9. The smallest absolute Gasteiger partial charge is 0.165 e. The van der Waals surface area contributed by atoms with E-state index in [4.69, 9.17) is 29.9 Å². The zero-order chi connectivity index (χ0) is 28.1. The van der Waals surface area contributed by atoms with Gasteiger partial charge in [0.15, 0.2) is 34.9 Å². The molecule has 2 aromatic carbocycles. The summed E-state index contributed by atoms with van der Waals surface area (Å²) >= 11 is 0. The Bertz CT molecular complexity index is 1690. The average Bonchev–Trinajstić information content (AvgIpc) is 3.09. The Morgan fingerprint density at radius 3 is 0.857 bits per heavy atom. The minimum Gasteiger partial charge on any atom is -0.264 e. The molecule has 0 bridgehead atoms. The number of hydrogen-bond donors (Lipinski definition) is 0. The lowest BCUT2D eigenvalue weighted by atomic mass is 10.1. The minimum atomic E-state index is 0.530. The van der Waals surface area contributed by atoms with Gasteiger partial charge in [0.05, 0.1) is 0 Å². The van der Waals surface area contributed by atoms with E-state index in [1.807, 2.05) is 91.0 Å². The van der Waals surface area contributed by atoms with E-state index in [0.717, 1.165) is 33.4 Å². The van der Waals surface area contributed by atoms with Crippen LogP contribution in [0.4, 0.5) is 0 Å². The van der Waals surface area contributed by atoms with E-state index >= 15 is 0 Å². The summed E-state index contributed by atoms with van der Waals surface area (Å²) in [5.74, 6) is 3.28. The third kappa shape index (κ3) is 5.22. The van der Waals surface area contributed by atoms with Crippen LogP contribution in [-0.4, -0.2) is 44.9 Å². The maximum atomic E-state index is 4.81. The maximum Gasteiger partial charge on any atom is 0.165 e. The van der Waals surface area contributed by atoms with Crippen molar-refractivity contribution < 1.29 is 0 Å². The summed E-state index contributed by atoms with van der Waals surface area (Å²) < 4.78 is 0. The van der Waals surface area contributed by atoms with Crippen molar-refractivity contribution in [2.45, 2.75) is 0 Å². The molecule has 0 saturated carbocycles. The fourth-order valence-corrected chi connectivity index (χ4v) is 4.37. The van der Waals surface area contributed by atoms with Crippen LogP contribution in [0.1, 0.15) is 0 Å². The summed E-state index contributed by atoms with van der Waals surface area (Å²) in [7, 11) is 0. The number of aromatic nitrogens is 9. The van der Waals surface area contributed by atoms with Crippen molar-refractivity contribution in [1.29, 1.82) is 0 Å². The van der Waals surface area contributed by atoms with Gasteiger partial charge in [0.2, 0.25) is 0 Å². The molecule has 0 amide bonds. The molecule has 7 aromatic rings. The first-order valence-electron chi connectivity index (χ1n) is 13.2. The summed E-state index contributed by atoms with van der Waals surface area (Å²) in [5.41, 5.74) is 4.96. The van der Waals surface area contributed by atoms with Crippen LogP contribution in [0, 0.1) is 0 Å². The second-order valence-electron chi connectivity index (χ2n) is 9.28. The van der Waals surface area contributed by atoms with Crippen molar-refractivity contribution in [3.8, 4) is 68.3 Å². The molecule has 0 radical (unpaired) electrons. The highest BCUT2D eigenvalue weighted by molar-refractivity contribution is 5.70. The van der Waals surface area contributed by atoms with Gasteiger partial charge in [-0.2, -0.15) is 0 Å². The summed E-state index contributed by atoms with van der Waals surface area (Å²) in [4.78, 5) is 41.3. The largest absolute Gasteiger partial charge is 0.264 e. The fraction of sp³-hybridized carbons (Fsp3) is 0. The molecule has 198 valence electrons. The van der Waals surface area contributed by atoms with Crippen LogP contribution in [0.5, 0.6) is 0 Å². The zero-order valence-electron chi connectivity index (χ0n) is 22.1. The molecule has 0 fully saturated rings. The van der Waals surface area contributed by atoms with Crippen LogP contribution in [0.2, 0.25) is 0 Å². The van der Waals surface area contributed by atoms with Crippen LogP contribution in [0.15, 0.2) is 128 Å². The van der Waals surface area contributed by atoms with Gasteiger partial charge in [-0.1, -0.05) is 54.6 Å². The average molecular weight is 544 g/mol. The Balaban J connectivity index is 1.31. The first kappa shape index (κ1) is 24.9. The molecule has 42 heavy (non-hydrogen) atoms. The summed E-state index contributed by atoms with van der Waals surface area (Å²) in [6.45, 7) is 0. The number of pyridine rings is 3. The quantitative estimate of drug-likeness (QED) is 0.240. The van der Waals surface area contributed by atoms with Crippen molar-refractivity contribution in [3.05, 3.63) is 128 Å². The highest BCUT2D eigenvalue weighted by atomic mass is 15.0. The number of hydrogen-bond acceptors (Lipinski definition) is 9. The van der Waals surface area contributed by atoms with Crippen molar-refractivity contribution in [2.75, 3.05) is 0 Å². The molecule has 5 aromatic heterocycles. The van der Waals surface area contributed by atoms with Gasteiger partial charge in [0, 0.05) is 70.6 Å². The van der Waals surface area contributed by atoms with Crippen LogP contribution in [-0.2, 0) is 0 Å². The van der Waals surface area contributed by atoms with Crippen LogP contribution in [0.25, 0.3) is 68.3 Å². The summed E-state index contributed by atoms with van der Waals surface area (Å²) in [6.07, 6.45) is 10.4. The molecule has 0 atom stereocenters. The molecule has 9 heteroatoms. The van der Waals surface area contributed by atoms with Crippen molar-refractivity contribution >= 4 is 0 Å². The SMILES string of the molecule is c1ccc(-c2nc(-c3ccc(-c4nc(-c5cccnc5)nc(-c5cccnc5)n4)cc3)nc(-c3cccnc3)n2)cc1. The molecule has 0 unspecified atom stereocenters. The highest BCUT2D eigenvalue weighted by Gasteiger charge is 2.15. The van der Waals surface area contributed by atoms with Crippen LogP contribution >= 0.6 is 0 Å². The lowest BCUT2D eigenvalue weighted by molar-refractivity contribution is 1.06. The molecule has 9 nitrogen and oxygen atoms in total. The number of nitrogens with zero attached hydrogens (tertiary/aromatic N) is 9. The second kappa shape index (κ2) is 11.2. The molecule has 5 heterocycles. The monoisotopic (exact) mass is 543 g/mol. The van der Waals surface area contributed by atoms with Crippen molar-refractivity contribution in [3.63, 3.8) is 0 Å². The lowest BCUT2D eigenvalue weighted by Gasteiger charge is -2.10. The maximum absolute atomic E-state index is 4.81. The Labute approximate surface area is 241 Å². The van der Waals surface area contributed by atoms with Crippen LogP contribution < -0.4 is 0 Å². The Hall–Kier alpha value is -6.09. The molecule has 0 aliphatic carbocycles. The van der Waals surface area contributed by atoms with Gasteiger partial charge < -0.3 is 0 Å². The van der Waals surface area contributed by atoms with E-state index in [2.05, 4.69) is 15.0 Å². The van der Waals surface area contributed by atoms with E-state index in [-0.39, 0.29) is 0 Å². The van der Waals surface area contributed by atoms with Gasteiger partial charge in [-0.25, -0.2) is 29.9 Å². The van der Waals surface area contributed by atoms with Crippen LogP contribution in [0.3, 0.4) is 0 Å². The Kier molecular flexibility index (Phi) is 6.63. The Morgan fingerprint density at radius 2 is 0.548 bits per heavy atom. The van der Waals surface area contributed by atoms with Gasteiger partial charge in [-0.05, 0) is 36.4 Å². The number of rotatable bonds is 6. The molecular weight excluding hydrogens is 522 g/mol. The standard InChI is InChI=1S/C33H21N9/c1-2-7-22(8-3-1)28-37-29(39-31(38-28)25-9-4-16-34-19-25)23-12-14-24(15-13-23)30-40-32(26-10-5-17-35-20-26)42-33(41-30)27-11-6-18-36-21-27/h1-21H. The molecule has 0 spiro atoms. The minimum absolute atomic E-state index is 0.530. The van der Waals surface area contributed by atoms with Crippen molar-refractivity contribution in [1.82, 2.24) is 44.9 Å². The van der Waals surface area contributed by atoms with Gasteiger partial charge in [-0.3, -0.25) is 15.0 Å². The van der Waals surface area contributed by atoms with Gasteiger partial charge in [0.1, 0.15) is 0 Å². The normalized spacial score (nSPS) is 10.9. The van der Waals surface area contributed by atoms with E-state index < -0.39 is 0 Å². The third-order valence-electron chi connectivity index (χ3n) is 6.46. The number of benzene rings is 2. The lowest BCUT2D eigenvalue weighted by Crippen LogP contribution is -2.01. The summed E-state index contributed by atoms with van der Waals surface area (Å²) in [6, 6.07) is 29.1. The van der Waals surface area contributed by atoms with Gasteiger partial charge >= 0.3 is 0 Å². The topological polar surface area (TPSA) is 116 Å². The fourth-order valence-electron chi connectivity index (χ4n) is 4.37. The van der Waals surface area contributed by atoms with E-state index in [9.17, 15) is 0 Å². The highest BCUT2D eigenvalue weighted by Crippen LogP contribution is 2.28. The first-order valence-corrected chi connectivity index (χ1v) is 13.2. The van der Waals surface area contributed by atoms with Gasteiger partial charge in [-0.15, -0.1) is 0 Å². The molecule has 0 saturated heterocycles.